The molecule has 150 valence electrons. The van der Waals surface area contributed by atoms with E-state index in [4.69, 9.17) is 17.0 Å². The Morgan fingerprint density at radius 1 is 1.36 bits per heavy atom. The molecule has 0 atom stereocenters. The van der Waals surface area contributed by atoms with E-state index in [1.807, 2.05) is 0 Å². The quantitative estimate of drug-likeness (QED) is 0.378. The van der Waals surface area contributed by atoms with Gasteiger partial charge in [0.2, 0.25) is 5.91 Å². The second-order valence-corrected chi connectivity index (χ2v) is 8.28. The fourth-order valence-corrected chi connectivity index (χ4v) is 4.29. The minimum atomic E-state index is -0.409. The van der Waals surface area contributed by atoms with E-state index >= 15 is 0 Å². The molecule has 2 heterocycles. The van der Waals surface area contributed by atoms with Gasteiger partial charge in [-0.1, -0.05) is 42.2 Å². The molecule has 0 aromatic heterocycles. The van der Waals surface area contributed by atoms with E-state index in [0.29, 0.717) is 21.3 Å². The normalized spacial score (nSPS) is 19.5. The van der Waals surface area contributed by atoms with Gasteiger partial charge in [0, 0.05) is 18.5 Å². The van der Waals surface area contributed by atoms with Crippen LogP contribution in [-0.2, 0) is 14.3 Å². The minimum Gasteiger partial charge on any atom is -0.370 e. The van der Waals surface area contributed by atoms with E-state index in [2.05, 4.69) is 5.32 Å². The SMILES string of the molecule is O=C(CN1C(=O)C(=Cc2ccccc2F)SC1=S)NCCC[NH+]1CCOCC1. The third-order valence-electron chi connectivity index (χ3n) is 4.60. The van der Waals surface area contributed by atoms with Crippen LogP contribution < -0.4 is 10.2 Å². The zero-order valence-corrected chi connectivity index (χ0v) is 17.0. The maximum Gasteiger partial charge on any atom is 0.266 e. The average Bonchev–Trinajstić information content (AvgIpc) is 2.95. The number of quaternary nitrogens is 1. The van der Waals surface area contributed by atoms with Crippen molar-refractivity contribution in [2.24, 2.45) is 0 Å². The number of carbonyl (C=O) groups is 2. The summed E-state index contributed by atoms with van der Waals surface area (Å²) in [6, 6.07) is 6.20. The number of morpholine rings is 1. The molecule has 2 aliphatic rings. The summed E-state index contributed by atoms with van der Waals surface area (Å²) in [4.78, 5) is 27.8. The van der Waals surface area contributed by atoms with Gasteiger partial charge < -0.3 is 15.0 Å². The lowest BCUT2D eigenvalue weighted by Gasteiger charge is -2.23. The van der Waals surface area contributed by atoms with E-state index in [1.54, 1.807) is 18.2 Å². The summed E-state index contributed by atoms with van der Waals surface area (Å²) < 4.78 is 19.4. The lowest BCUT2D eigenvalue weighted by atomic mass is 10.2. The van der Waals surface area contributed by atoms with Crippen LogP contribution in [0.25, 0.3) is 6.08 Å². The average molecular weight is 425 g/mol. The molecule has 9 heteroatoms. The molecule has 0 bridgehead atoms. The number of thiocarbonyl (C=S) groups is 1. The van der Waals surface area contributed by atoms with Gasteiger partial charge >= 0.3 is 0 Å². The molecule has 2 fully saturated rings. The van der Waals surface area contributed by atoms with Gasteiger partial charge in [0.25, 0.3) is 5.91 Å². The molecule has 6 nitrogen and oxygen atoms in total. The molecular weight excluding hydrogens is 401 g/mol. The van der Waals surface area contributed by atoms with Crippen LogP contribution in [0, 0.1) is 5.82 Å². The number of thioether (sulfide) groups is 1. The van der Waals surface area contributed by atoms with Crippen LogP contribution in [0.15, 0.2) is 29.2 Å². The highest BCUT2D eigenvalue weighted by molar-refractivity contribution is 8.26. The number of nitrogens with zero attached hydrogens (tertiary/aromatic N) is 1. The van der Waals surface area contributed by atoms with Crippen molar-refractivity contribution >= 4 is 46.2 Å². The predicted octanol–water partition coefficient (Wildman–Crippen LogP) is 0.448. The number of carbonyl (C=O) groups excluding carboxylic acids is 2. The Labute approximate surface area is 173 Å². The first-order valence-electron chi connectivity index (χ1n) is 9.22. The summed E-state index contributed by atoms with van der Waals surface area (Å²) in [6.07, 6.45) is 2.34. The number of ether oxygens (including phenoxy) is 1. The molecule has 2 aliphatic heterocycles. The molecule has 3 rings (SSSR count). The monoisotopic (exact) mass is 424 g/mol. The van der Waals surface area contributed by atoms with Gasteiger partial charge in [-0.05, 0) is 12.1 Å². The zero-order valence-electron chi connectivity index (χ0n) is 15.4. The first-order chi connectivity index (χ1) is 13.5. The molecule has 2 amide bonds. The molecule has 0 saturated carbocycles. The lowest BCUT2D eigenvalue weighted by molar-refractivity contribution is -0.908. The Kier molecular flexibility index (Phi) is 7.55. The summed E-state index contributed by atoms with van der Waals surface area (Å²) in [5, 5.41) is 2.84. The van der Waals surface area contributed by atoms with Crippen LogP contribution in [-0.4, -0.2) is 67.0 Å². The van der Waals surface area contributed by atoms with E-state index in [0.717, 1.165) is 51.0 Å². The second-order valence-electron chi connectivity index (χ2n) is 6.61. The van der Waals surface area contributed by atoms with Gasteiger partial charge in [0.05, 0.1) is 24.7 Å². The first kappa shape index (κ1) is 20.9. The van der Waals surface area contributed by atoms with Crippen LogP contribution in [0.4, 0.5) is 4.39 Å². The third kappa shape index (κ3) is 5.60. The fourth-order valence-electron chi connectivity index (χ4n) is 3.05. The molecule has 28 heavy (non-hydrogen) atoms. The Bertz CT molecular complexity index is 781. The number of amides is 2. The molecular formula is C19H23FN3O3S2+. The lowest BCUT2D eigenvalue weighted by Crippen LogP contribution is -3.14. The maximum atomic E-state index is 13.8. The molecule has 0 radical (unpaired) electrons. The summed E-state index contributed by atoms with van der Waals surface area (Å²) >= 11 is 6.30. The van der Waals surface area contributed by atoms with Gasteiger partial charge in [-0.2, -0.15) is 0 Å². The van der Waals surface area contributed by atoms with Gasteiger partial charge in [-0.25, -0.2) is 4.39 Å². The van der Waals surface area contributed by atoms with Gasteiger partial charge in [-0.15, -0.1) is 0 Å². The van der Waals surface area contributed by atoms with Crippen molar-refractivity contribution in [1.82, 2.24) is 10.2 Å². The number of benzene rings is 1. The number of rotatable bonds is 7. The Morgan fingerprint density at radius 2 is 2.11 bits per heavy atom. The molecule has 2 N–H and O–H groups in total. The van der Waals surface area contributed by atoms with E-state index in [1.165, 1.54) is 21.9 Å². The Balaban J connectivity index is 1.47. The van der Waals surface area contributed by atoms with Gasteiger partial charge in [0.1, 0.15) is 29.8 Å². The molecule has 1 aromatic carbocycles. The van der Waals surface area contributed by atoms with Gasteiger partial charge in [0.15, 0.2) is 0 Å². The third-order valence-corrected chi connectivity index (χ3v) is 5.97. The van der Waals surface area contributed by atoms with Crippen molar-refractivity contribution in [3.8, 4) is 0 Å². The van der Waals surface area contributed by atoms with Crippen LogP contribution >= 0.6 is 24.0 Å². The summed E-state index contributed by atoms with van der Waals surface area (Å²) in [5.74, 6) is -1.03. The number of halogens is 1. The van der Waals surface area contributed by atoms with Crippen LogP contribution in [0.2, 0.25) is 0 Å². The Hall–Kier alpha value is -1.81. The highest BCUT2D eigenvalue weighted by atomic mass is 32.2. The fraction of sp³-hybridized carbons (Fsp3) is 0.421. The van der Waals surface area contributed by atoms with E-state index in [-0.39, 0.29) is 18.4 Å². The Morgan fingerprint density at radius 3 is 2.86 bits per heavy atom. The zero-order chi connectivity index (χ0) is 19.9. The standard InChI is InChI=1S/C19H22FN3O3S2/c20-15-5-2-1-4-14(15)12-16-18(25)23(19(27)28-16)13-17(24)21-6-3-7-22-8-10-26-11-9-22/h1-2,4-5,12H,3,6-11,13H2,(H,21,24)/p+1. The molecule has 0 spiro atoms. The largest absolute Gasteiger partial charge is 0.370 e. The molecule has 0 aliphatic carbocycles. The second kappa shape index (κ2) is 10.1. The van der Waals surface area contributed by atoms with Crippen molar-refractivity contribution in [2.75, 3.05) is 45.9 Å². The molecule has 2 saturated heterocycles. The minimum absolute atomic E-state index is 0.121. The highest BCUT2D eigenvalue weighted by Crippen LogP contribution is 2.32. The smallest absolute Gasteiger partial charge is 0.266 e. The van der Waals surface area contributed by atoms with Crippen molar-refractivity contribution in [3.63, 3.8) is 0 Å². The predicted molar refractivity (Wildman–Crippen MR) is 110 cm³/mol. The van der Waals surface area contributed by atoms with E-state index < -0.39 is 5.82 Å². The van der Waals surface area contributed by atoms with Crippen molar-refractivity contribution in [2.45, 2.75) is 6.42 Å². The summed E-state index contributed by atoms with van der Waals surface area (Å²) in [5.41, 5.74) is 0.318. The van der Waals surface area contributed by atoms with Crippen LogP contribution in [0.5, 0.6) is 0 Å². The summed E-state index contributed by atoms with van der Waals surface area (Å²) in [7, 11) is 0. The van der Waals surface area contributed by atoms with Crippen LogP contribution in [0.1, 0.15) is 12.0 Å². The number of nitrogens with one attached hydrogen (secondary N) is 2. The maximum absolute atomic E-state index is 13.8. The highest BCUT2D eigenvalue weighted by Gasteiger charge is 2.33. The summed E-state index contributed by atoms with van der Waals surface area (Å²) in [6.45, 7) is 4.99. The molecule has 1 aromatic rings. The van der Waals surface area contributed by atoms with Crippen molar-refractivity contribution in [1.29, 1.82) is 0 Å². The van der Waals surface area contributed by atoms with Gasteiger partial charge in [-0.3, -0.25) is 14.5 Å². The number of hydrogen-bond donors (Lipinski definition) is 2. The number of hydrogen-bond acceptors (Lipinski definition) is 5. The topological polar surface area (TPSA) is 63.1 Å². The van der Waals surface area contributed by atoms with Crippen LogP contribution in [0.3, 0.4) is 0 Å². The first-order valence-corrected chi connectivity index (χ1v) is 10.4. The van der Waals surface area contributed by atoms with Crippen molar-refractivity contribution in [3.05, 3.63) is 40.6 Å². The van der Waals surface area contributed by atoms with Crippen molar-refractivity contribution < 1.29 is 23.6 Å². The van der Waals surface area contributed by atoms with E-state index in [9.17, 15) is 14.0 Å². The molecule has 0 unspecified atom stereocenters.